The first kappa shape index (κ1) is 30.3. The lowest BCUT2D eigenvalue weighted by Crippen LogP contribution is -2.48. The molecule has 4 aliphatic rings. The van der Waals surface area contributed by atoms with E-state index in [4.69, 9.17) is 4.74 Å². The average molecular weight is 659 g/mol. The maximum Gasteiger partial charge on any atom is 0.241 e. The summed E-state index contributed by atoms with van der Waals surface area (Å²) in [6.07, 6.45) is 2.61. The van der Waals surface area contributed by atoms with Crippen LogP contribution in [0.3, 0.4) is 0 Å². The van der Waals surface area contributed by atoms with E-state index in [0.717, 1.165) is 16.0 Å². The van der Waals surface area contributed by atoms with E-state index in [-0.39, 0.29) is 42.3 Å². The van der Waals surface area contributed by atoms with Crippen molar-refractivity contribution in [3.05, 3.63) is 124 Å². The summed E-state index contributed by atoms with van der Waals surface area (Å²) < 4.78 is 5.99. The number of likely N-dealkylation sites (tertiary alicyclic amines) is 1. The smallest absolute Gasteiger partial charge is 0.241 e. The van der Waals surface area contributed by atoms with E-state index in [9.17, 15) is 24.3 Å². The molecule has 8 nitrogen and oxygen atoms in total. The molecule has 2 aliphatic heterocycles. The van der Waals surface area contributed by atoms with Crippen molar-refractivity contribution in [2.24, 2.45) is 29.1 Å². The summed E-state index contributed by atoms with van der Waals surface area (Å²) in [6, 6.07) is 27.5. The Balaban J connectivity index is 1.20. The van der Waals surface area contributed by atoms with Crippen LogP contribution >= 0.6 is 11.3 Å². The number of anilines is 1. The first-order chi connectivity index (χ1) is 23.3. The summed E-state index contributed by atoms with van der Waals surface area (Å²) in [5, 5.41) is 13.5. The number of aromatic hydroxyl groups is 1. The minimum atomic E-state index is -1.24. The van der Waals surface area contributed by atoms with E-state index in [1.54, 1.807) is 42.5 Å². The molecule has 1 aromatic heterocycles. The number of amides is 4. The lowest BCUT2D eigenvalue weighted by molar-refractivity contribution is -0.141. The van der Waals surface area contributed by atoms with Crippen LogP contribution in [0.2, 0.25) is 0 Å². The third-order valence-electron chi connectivity index (χ3n) is 10.8. The van der Waals surface area contributed by atoms with Crippen LogP contribution in [0.5, 0.6) is 11.5 Å². The number of phenolic OH excluding ortho intramolecular Hbond substituents is 1. The highest BCUT2D eigenvalue weighted by Crippen LogP contribution is 2.64. The number of para-hydroxylation sites is 1. The number of ether oxygens (including phenoxy) is 1. The molecule has 1 saturated carbocycles. The van der Waals surface area contributed by atoms with Gasteiger partial charge >= 0.3 is 0 Å². The van der Waals surface area contributed by atoms with Crippen molar-refractivity contribution >= 4 is 40.7 Å². The number of phenols is 1. The van der Waals surface area contributed by atoms with Crippen LogP contribution in [0.1, 0.15) is 41.7 Å². The monoisotopic (exact) mass is 658 g/mol. The van der Waals surface area contributed by atoms with Gasteiger partial charge < -0.3 is 9.84 Å². The molecule has 2 saturated heterocycles. The van der Waals surface area contributed by atoms with Gasteiger partial charge in [0.15, 0.2) is 0 Å². The molecule has 3 fully saturated rings. The Morgan fingerprint density at radius 2 is 1.62 bits per heavy atom. The number of carbonyl (C=O) groups is 4. The molecule has 0 bridgehead atoms. The zero-order valence-corrected chi connectivity index (χ0v) is 27.1. The SMILES string of the molecule is C[C@@]12C(=O)N(c3ccccc3)C(=O)[C@@H]1C[C@@H]1C(=CC[C@@H]3C(=O)N(Cc4cccs4)C(=O)[C@@H]31)[C@@H]2c1ccc(OCc2ccccc2)cc1O. The standard InChI is InChI=1S/C39H34N2O6S/c1-39-31(36(44)41(38(39)46)24-11-6-3-7-12-24)20-30-27(16-17-29-33(30)37(45)40(35(29)43)21-26-13-8-18-48-26)34(39)28-15-14-25(19-32(28)42)47-22-23-9-4-2-5-10-23/h2-16,18-19,29-31,33-34,42H,17,20-22H2,1H3/t29-,30+,31-,33-,34+,39+/m0/s1. The second kappa shape index (κ2) is 11.6. The van der Waals surface area contributed by atoms with Crippen molar-refractivity contribution in [1.82, 2.24) is 4.90 Å². The van der Waals surface area contributed by atoms with Gasteiger partial charge in [-0.1, -0.05) is 72.3 Å². The molecular weight excluding hydrogens is 625 g/mol. The third-order valence-corrected chi connectivity index (χ3v) is 11.7. The molecule has 9 heteroatoms. The van der Waals surface area contributed by atoms with Crippen LogP contribution in [0.4, 0.5) is 5.69 Å². The number of rotatable bonds is 7. The molecule has 2 aliphatic carbocycles. The Labute approximate surface area is 282 Å². The van der Waals surface area contributed by atoms with Crippen molar-refractivity contribution in [2.75, 3.05) is 4.90 Å². The molecule has 6 atom stereocenters. The molecule has 0 radical (unpaired) electrons. The van der Waals surface area contributed by atoms with Gasteiger partial charge in [-0.05, 0) is 60.9 Å². The minimum absolute atomic E-state index is 0.0548. The summed E-state index contributed by atoms with van der Waals surface area (Å²) in [6.45, 7) is 2.36. The maximum atomic E-state index is 14.6. The van der Waals surface area contributed by atoms with E-state index in [0.29, 0.717) is 30.0 Å². The fourth-order valence-corrected chi connectivity index (χ4v) is 9.25. The molecule has 3 aromatic carbocycles. The van der Waals surface area contributed by atoms with Gasteiger partial charge in [-0.25, -0.2) is 4.90 Å². The van der Waals surface area contributed by atoms with Crippen molar-refractivity contribution < 1.29 is 29.0 Å². The van der Waals surface area contributed by atoms with Gasteiger partial charge in [0.1, 0.15) is 18.1 Å². The van der Waals surface area contributed by atoms with Crippen LogP contribution in [-0.2, 0) is 32.3 Å². The van der Waals surface area contributed by atoms with Gasteiger partial charge in [0.25, 0.3) is 0 Å². The summed E-state index contributed by atoms with van der Waals surface area (Å²) in [5.41, 5.74) is 1.55. The Kier molecular flexibility index (Phi) is 7.32. The highest BCUT2D eigenvalue weighted by atomic mass is 32.1. The first-order valence-corrected chi connectivity index (χ1v) is 17.2. The molecule has 48 heavy (non-hydrogen) atoms. The van der Waals surface area contributed by atoms with Gasteiger partial charge in [0.2, 0.25) is 23.6 Å². The molecule has 1 N–H and O–H groups in total. The fourth-order valence-electron chi connectivity index (χ4n) is 8.56. The number of hydrogen-bond acceptors (Lipinski definition) is 7. The number of benzene rings is 3. The number of imide groups is 2. The number of hydrogen-bond donors (Lipinski definition) is 1. The summed E-state index contributed by atoms with van der Waals surface area (Å²) in [5.74, 6) is -3.77. The molecule has 0 spiro atoms. The number of nitrogens with zero attached hydrogens (tertiary/aromatic N) is 2. The summed E-state index contributed by atoms with van der Waals surface area (Å²) in [7, 11) is 0. The van der Waals surface area contributed by atoms with Crippen molar-refractivity contribution in [2.45, 2.75) is 38.8 Å². The lowest BCUT2D eigenvalue weighted by atomic mass is 9.51. The Bertz CT molecular complexity index is 1960. The zero-order chi connectivity index (χ0) is 33.2. The summed E-state index contributed by atoms with van der Waals surface area (Å²) in [4.78, 5) is 60.3. The molecular formula is C39H34N2O6S. The van der Waals surface area contributed by atoms with Gasteiger partial charge in [-0.15, -0.1) is 11.3 Å². The second-order valence-corrected chi connectivity index (χ2v) is 14.4. The van der Waals surface area contributed by atoms with Gasteiger partial charge in [0, 0.05) is 22.4 Å². The first-order valence-electron chi connectivity index (χ1n) is 16.3. The predicted molar refractivity (Wildman–Crippen MR) is 180 cm³/mol. The highest BCUT2D eigenvalue weighted by Gasteiger charge is 2.67. The van der Waals surface area contributed by atoms with Gasteiger partial charge in [-0.2, -0.15) is 0 Å². The van der Waals surface area contributed by atoms with Crippen LogP contribution in [0.25, 0.3) is 0 Å². The second-order valence-electron chi connectivity index (χ2n) is 13.3. The molecule has 242 valence electrons. The van der Waals surface area contributed by atoms with E-state index in [1.807, 2.05) is 66.9 Å². The van der Waals surface area contributed by atoms with E-state index >= 15 is 0 Å². The topological polar surface area (TPSA) is 104 Å². The van der Waals surface area contributed by atoms with Crippen molar-refractivity contribution in [3.63, 3.8) is 0 Å². The number of fused-ring (bicyclic) bond motifs is 4. The van der Waals surface area contributed by atoms with E-state index in [1.165, 1.54) is 21.1 Å². The Morgan fingerprint density at radius 3 is 2.33 bits per heavy atom. The number of thiophene rings is 1. The molecule has 3 heterocycles. The largest absolute Gasteiger partial charge is 0.508 e. The van der Waals surface area contributed by atoms with E-state index < -0.39 is 35.0 Å². The molecule has 4 amide bonds. The van der Waals surface area contributed by atoms with Gasteiger partial charge in [-0.3, -0.25) is 24.1 Å². The zero-order valence-electron chi connectivity index (χ0n) is 26.3. The van der Waals surface area contributed by atoms with Crippen LogP contribution < -0.4 is 9.64 Å². The molecule has 4 aromatic rings. The molecule has 0 unspecified atom stereocenters. The van der Waals surface area contributed by atoms with Crippen molar-refractivity contribution in [1.29, 1.82) is 0 Å². The molecule has 8 rings (SSSR count). The van der Waals surface area contributed by atoms with E-state index in [2.05, 4.69) is 0 Å². The summed E-state index contributed by atoms with van der Waals surface area (Å²) >= 11 is 1.50. The van der Waals surface area contributed by atoms with Crippen molar-refractivity contribution in [3.8, 4) is 11.5 Å². The lowest BCUT2D eigenvalue weighted by Gasteiger charge is -2.49. The van der Waals surface area contributed by atoms with Crippen LogP contribution in [-0.4, -0.2) is 33.6 Å². The quantitative estimate of drug-likeness (QED) is 0.181. The van der Waals surface area contributed by atoms with Crippen LogP contribution in [0.15, 0.2) is 108 Å². The average Bonchev–Trinajstić information content (AvgIpc) is 3.76. The highest BCUT2D eigenvalue weighted by molar-refractivity contribution is 7.09. The van der Waals surface area contributed by atoms with Crippen LogP contribution in [0, 0.1) is 29.1 Å². The fraction of sp³-hybridized carbons (Fsp3) is 0.282. The third kappa shape index (κ3) is 4.63. The number of allylic oxidation sites excluding steroid dienone is 2. The predicted octanol–water partition coefficient (Wildman–Crippen LogP) is 6.46. The maximum absolute atomic E-state index is 14.6. The van der Waals surface area contributed by atoms with Gasteiger partial charge in [0.05, 0.1) is 35.4 Å². The number of carbonyl (C=O) groups excluding carboxylic acids is 4. The Morgan fingerprint density at radius 1 is 0.875 bits per heavy atom. The normalized spacial score (nSPS) is 27.9. The minimum Gasteiger partial charge on any atom is -0.508 e. The Hall–Kier alpha value is -5.02.